The first-order chi connectivity index (χ1) is 8.97. The van der Waals surface area contributed by atoms with Crippen LogP contribution >= 0.6 is 0 Å². The second-order valence-corrected chi connectivity index (χ2v) is 4.00. The maximum Gasteiger partial charge on any atom is 0.307 e. The molecule has 0 aliphatic heterocycles. The van der Waals surface area contributed by atoms with Crippen molar-refractivity contribution >= 4 is 5.97 Å². The van der Waals surface area contributed by atoms with Gasteiger partial charge in [0.25, 0.3) is 0 Å². The third-order valence-corrected chi connectivity index (χ3v) is 2.63. The van der Waals surface area contributed by atoms with Gasteiger partial charge in [0.05, 0.1) is 6.42 Å². The third-order valence-electron chi connectivity index (χ3n) is 2.63. The highest BCUT2D eigenvalue weighted by Gasteiger charge is 2.13. The first kappa shape index (κ1) is 13.1. The van der Waals surface area contributed by atoms with Gasteiger partial charge in [-0.15, -0.1) is 0 Å². The van der Waals surface area contributed by atoms with E-state index in [0.717, 1.165) is 18.2 Å². The van der Waals surface area contributed by atoms with Crippen molar-refractivity contribution in [2.24, 2.45) is 0 Å². The topological polar surface area (TPSA) is 37.3 Å². The van der Waals surface area contributed by atoms with Gasteiger partial charge in [-0.05, 0) is 35.4 Å². The molecule has 0 saturated heterocycles. The molecular weight excluding hydrogens is 257 g/mol. The number of carboxylic acids is 1. The summed E-state index contributed by atoms with van der Waals surface area (Å²) in [7, 11) is 0. The largest absolute Gasteiger partial charge is 0.481 e. The van der Waals surface area contributed by atoms with Gasteiger partial charge >= 0.3 is 5.97 Å². The number of benzene rings is 2. The lowest BCUT2D eigenvalue weighted by molar-refractivity contribution is -0.136. The minimum atomic E-state index is -1.16. The summed E-state index contributed by atoms with van der Waals surface area (Å²) < 4.78 is 39.6. The molecular formula is C14H9F3O2. The standard InChI is InChI=1S/C14H9F3O2/c15-9-1-3-11(8(5-9)6-14(18)19)12-4-2-10(16)7-13(12)17/h1-5,7H,6H2,(H,18,19). The molecule has 0 bridgehead atoms. The van der Waals surface area contributed by atoms with E-state index in [9.17, 15) is 18.0 Å². The minimum Gasteiger partial charge on any atom is -0.481 e. The molecule has 0 saturated carbocycles. The molecule has 5 heteroatoms. The summed E-state index contributed by atoms with van der Waals surface area (Å²) >= 11 is 0. The van der Waals surface area contributed by atoms with E-state index in [4.69, 9.17) is 5.11 Å². The molecule has 1 N–H and O–H groups in total. The number of aliphatic carboxylic acids is 1. The molecule has 0 heterocycles. The van der Waals surface area contributed by atoms with Crippen LogP contribution in [-0.4, -0.2) is 11.1 Å². The van der Waals surface area contributed by atoms with Crippen molar-refractivity contribution < 1.29 is 23.1 Å². The Morgan fingerprint density at radius 2 is 1.53 bits per heavy atom. The van der Waals surface area contributed by atoms with E-state index in [-0.39, 0.29) is 16.7 Å². The molecule has 0 aromatic heterocycles. The Balaban J connectivity index is 2.57. The molecule has 0 aliphatic carbocycles. The highest BCUT2D eigenvalue weighted by molar-refractivity contribution is 5.76. The van der Waals surface area contributed by atoms with Crippen molar-refractivity contribution in [2.45, 2.75) is 6.42 Å². The Morgan fingerprint density at radius 3 is 2.11 bits per heavy atom. The zero-order chi connectivity index (χ0) is 14.0. The number of hydrogen-bond donors (Lipinski definition) is 1. The van der Waals surface area contributed by atoms with Crippen LogP contribution in [0.3, 0.4) is 0 Å². The van der Waals surface area contributed by atoms with Crippen LogP contribution in [-0.2, 0) is 11.2 Å². The first-order valence-corrected chi connectivity index (χ1v) is 5.43. The molecule has 0 atom stereocenters. The van der Waals surface area contributed by atoms with Gasteiger partial charge in [-0.2, -0.15) is 0 Å². The van der Waals surface area contributed by atoms with Gasteiger partial charge in [-0.3, -0.25) is 4.79 Å². The van der Waals surface area contributed by atoms with E-state index < -0.39 is 29.8 Å². The smallest absolute Gasteiger partial charge is 0.307 e. The van der Waals surface area contributed by atoms with E-state index in [1.165, 1.54) is 12.1 Å². The molecule has 98 valence electrons. The van der Waals surface area contributed by atoms with Gasteiger partial charge < -0.3 is 5.11 Å². The van der Waals surface area contributed by atoms with Crippen LogP contribution < -0.4 is 0 Å². The van der Waals surface area contributed by atoms with E-state index in [0.29, 0.717) is 6.07 Å². The number of carbonyl (C=O) groups is 1. The Hall–Kier alpha value is -2.30. The number of rotatable bonds is 3. The SMILES string of the molecule is O=C(O)Cc1cc(F)ccc1-c1ccc(F)cc1F. The predicted octanol–water partition coefficient (Wildman–Crippen LogP) is 3.40. The Kier molecular flexibility index (Phi) is 3.55. The molecule has 19 heavy (non-hydrogen) atoms. The fourth-order valence-electron chi connectivity index (χ4n) is 1.84. The second kappa shape index (κ2) is 5.14. The molecule has 0 aliphatic rings. The lowest BCUT2D eigenvalue weighted by Gasteiger charge is -2.09. The van der Waals surface area contributed by atoms with Crippen LogP contribution in [0.25, 0.3) is 11.1 Å². The number of carboxylic acid groups (broad SMARTS) is 1. The minimum absolute atomic E-state index is 0.0395. The maximum atomic E-state index is 13.7. The summed E-state index contributed by atoms with van der Waals surface area (Å²) in [6.45, 7) is 0. The zero-order valence-electron chi connectivity index (χ0n) is 9.66. The van der Waals surface area contributed by atoms with E-state index in [2.05, 4.69) is 0 Å². The molecule has 2 rings (SSSR count). The van der Waals surface area contributed by atoms with Crippen molar-refractivity contribution in [2.75, 3.05) is 0 Å². The van der Waals surface area contributed by atoms with Crippen molar-refractivity contribution in [3.05, 3.63) is 59.4 Å². The van der Waals surface area contributed by atoms with Crippen LogP contribution in [0.1, 0.15) is 5.56 Å². The van der Waals surface area contributed by atoms with Gasteiger partial charge in [0.1, 0.15) is 17.5 Å². The van der Waals surface area contributed by atoms with Gasteiger partial charge in [-0.1, -0.05) is 6.07 Å². The Labute approximate surface area is 107 Å². The summed E-state index contributed by atoms with van der Waals surface area (Å²) in [6.07, 6.45) is -0.441. The molecule has 0 unspecified atom stereocenters. The van der Waals surface area contributed by atoms with Crippen LogP contribution in [0, 0.1) is 17.5 Å². The van der Waals surface area contributed by atoms with Crippen molar-refractivity contribution in [3.63, 3.8) is 0 Å². The van der Waals surface area contributed by atoms with E-state index >= 15 is 0 Å². The highest BCUT2D eigenvalue weighted by atomic mass is 19.1. The van der Waals surface area contributed by atoms with Crippen LogP contribution in [0.15, 0.2) is 36.4 Å². The molecule has 2 aromatic carbocycles. The van der Waals surface area contributed by atoms with Crippen LogP contribution in [0.4, 0.5) is 13.2 Å². The summed E-state index contributed by atoms with van der Waals surface area (Å²) in [4.78, 5) is 10.7. The normalized spacial score (nSPS) is 10.5. The van der Waals surface area contributed by atoms with Gasteiger partial charge in [0, 0.05) is 11.6 Å². The van der Waals surface area contributed by atoms with E-state index in [1.54, 1.807) is 0 Å². The molecule has 0 spiro atoms. The lowest BCUT2D eigenvalue weighted by Crippen LogP contribution is -2.03. The second-order valence-electron chi connectivity index (χ2n) is 4.00. The lowest BCUT2D eigenvalue weighted by atomic mass is 9.97. The molecule has 2 nitrogen and oxygen atoms in total. The van der Waals surface area contributed by atoms with Crippen molar-refractivity contribution in [1.29, 1.82) is 0 Å². The fourth-order valence-corrected chi connectivity index (χ4v) is 1.84. The Bertz CT molecular complexity index is 639. The third kappa shape index (κ3) is 2.93. The monoisotopic (exact) mass is 266 g/mol. The number of hydrogen-bond acceptors (Lipinski definition) is 1. The predicted molar refractivity (Wildman–Crippen MR) is 63.1 cm³/mol. The van der Waals surface area contributed by atoms with Crippen LogP contribution in [0.2, 0.25) is 0 Å². The summed E-state index contributed by atoms with van der Waals surface area (Å²) in [5.41, 5.74) is 0.414. The molecule has 0 radical (unpaired) electrons. The average molecular weight is 266 g/mol. The van der Waals surface area contributed by atoms with Crippen molar-refractivity contribution in [1.82, 2.24) is 0 Å². The summed E-state index contributed by atoms with van der Waals surface area (Å²) in [6, 6.07) is 6.37. The summed E-state index contributed by atoms with van der Waals surface area (Å²) in [5.74, 6) is -3.32. The van der Waals surface area contributed by atoms with E-state index in [1.807, 2.05) is 0 Å². The molecule has 2 aromatic rings. The molecule has 0 fully saturated rings. The maximum absolute atomic E-state index is 13.7. The van der Waals surface area contributed by atoms with Gasteiger partial charge in [0.2, 0.25) is 0 Å². The number of halogens is 3. The average Bonchev–Trinajstić information content (AvgIpc) is 2.30. The van der Waals surface area contributed by atoms with Gasteiger partial charge in [-0.25, -0.2) is 13.2 Å². The fraction of sp³-hybridized carbons (Fsp3) is 0.0714. The first-order valence-electron chi connectivity index (χ1n) is 5.43. The quantitative estimate of drug-likeness (QED) is 0.924. The highest BCUT2D eigenvalue weighted by Crippen LogP contribution is 2.28. The molecule has 0 amide bonds. The summed E-state index contributed by atoms with van der Waals surface area (Å²) in [5, 5.41) is 8.77. The van der Waals surface area contributed by atoms with Crippen molar-refractivity contribution in [3.8, 4) is 11.1 Å². The zero-order valence-corrected chi connectivity index (χ0v) is 9.66. The van der Waals surface area contributed by atoms with Gasteiger partial charge in [0.15, 0.2) is 0 Å². The van der Waals surface area contributed by atoms with Crippen LogP contribution in [0.5, 0.6) is 0 Å². The Morgan fingerprint density at radius 1 is 0.947 bits per heavy atom.